The summed E-state index contributed by atoms with van der Waals surface area (Å²) in [5.41, 5.74) is 1.70. The average Bonchev–Trinajstić information content (AvgIpc) is 2.29. The van der Waals surface area contributed by atoms with Crippen molar-refractivity contribution in [2.75, 3.05) is 18.1 Å². The summed E-state index contributed by atoms with van der Waals surface area (Å²) in [6, 6.07) is 7.45. The predicted molar refractivity (Wildman–Crippen MR) is 65.9 cm³/mol. The summed E-state index contributed by atoms with van der Waals surface area (Å²) in [6.07, 6.45) is -0.741. The first-order chi connectivity index (χ1) is 7.65. The molecule has 4 heteroatoms. The van der Waals surface area contributed by atoms with Gasteiger partial charge in [0.05, 0.1) is 18.5 Å². The normalized spacial score (nSPS) is 12.4. The van der Waals surface area contributed by atoms with Crippen LogP contribution in [0, 0.1) is 6.92 Å². The maximum Gasteiger partial charge on any atom is 0.172 e. The molecule has 2 N–H and O–H groups in total. The average molecular weight is 240 g/mol. The van der Waals surface area contributed by atoms with E-state index in [1.807, 2.05) is 25.1 Å². The van der Waals surface area contributed by atoms with Gasteiger partial charge in [0.2, 0.25) is 0 Å². The third kappa shape index (κ3) is 3.96. The lowest BCUT2D eigenvalue weighted by atomic mass is 10.1. The number of aliphatic hydroxyl groups excluding tert-OH is 2. The van der Waals surface area contributed by atoms with E-state index in [0.29, 0.717) is 11.5 Å². The molecule has 16 heavy (non-hydrogen) atoms. The molecule has 1 aromatic rings. The van der Waals surface area contributed by atoms with Crippen molar-refractivity contribution in [1.82, 2.24) is 0 Å². The second-order valence-corrected chi connectivity index (χ2v) is 4.62. The molecule has 0 saturated heterocycles. The zero-order valence-corrected chi connectivity index (χ0v) is 10.0. The third-order valence-corrected chi connectivity index (χ3v) is 3.29. The monoisotopic (exact) mass is 240 g/mol. The fourth-order valence-corrected chi connectivity index (χ4v) is 2.14. The van der Waals surface area contributed by atoms with Gasteiger partial charge in [-0.2, -0.15) is 11.8 Å². The molecule has 0 amide bonds. The molecule has 0 bridgehead atoms. The molecule has 0 fully saturated rings. The van der Waals surface area contributed by atoms with Gasteiger partial charge in [-0.25, -0.2) is 0 Å². The Morgan fingerprint density at radius 1 is 1.44 bits per heavy atom. The Kier molecular flexibility index (Phi) is 5.52. The van der Waals surface area contributed by atoms with Gasteiger partial charge in [-0.05, 0) is 12.5 Å². The minimum atomic E-state index is -0.741. The molecule has 1 atom stereocenters. The standard InChI is InChI=1S/C12H16O3S/c1-9-4-2-3-5-11(9)12(15)8-16-7-10(14)6-13/h2-5,10,13-14H,6-8H2,1H3. The summed E-state index contributed by atoms with van der Waals surface area (Å²) >= 11 is 1.34. The maximum atomic E-state index is 11.8. The Morgan fingerprint density at radius 2 is 2.12 bits per heavy atom. The number of Topliss-reactive ketones (excluding diaryl/α,β-unsaturated/α-hetero) is 1. The summed E-state index contributed by atoms with van der Waals surface area (Å²) in [7, 11) is 0. The number of ketones is 1. The quantitative estimate of drug-likeness (QED) is 0.735. The fraction of sp³-hybridized carbons (Fsp3) is 0.417. The van der Waals surface area contributed by atoms with Crippen molar-refractivity contribution in [1.29, 1.82) is 0 Å². The lowest BCUT2D eigenvalue weighted by Crippen LogP contribution is -2.16. The van der Waals surface area contributed by atoms with Crippen LogP contribution in [0.3, 0.4) is 0 Å². The van der Waals surface area contributed by atoms with E-state index >= 15 is 0 Å². The van der Waals surface area contributed by atoms with Crippen LogP contribution in [0.5, 0.6) is 0 Å². The fourth-order valence-electron chi connectivity index (χ4n) is 1.30. The number of benzene rings is 1. The van der Waals surface area contributed by atoms with Gasteiger partial charge in [0.25, 0.3) is 0 Å². The summed E-state index contributed by atoms with van der Waals surface area (Å²) in [4.78, 5) is 11.8. The summed E-state index contributed by atoms with van der Waals surface area (Å²) in [5.74, 6) is 0.781. The smallest absolute Gasteiger partial charge is 0.172 e. The van der Waals surface area contributed by atoms with E-state index in [1.165, 1.54) is 11.8 Å². The second-order valence-electron chi connectivity index (χ2n) is 3.59. The molecule has 1 rings (SSSR count). The van der Waals surface area contributed by atoms with Crippen LogP contribution in [-0.2, 0) is 0 Å². The van der Waals surface area contributed by atoms with Crippen molar-refractivity contribution in [2.45, 2.75) is 13.0 Å². The maximum absolute atomic E-state index is 11.8. The Morgan fingerprint density at radius 3 is 2.75 bits per heavy atom. The van der Waals surface area contributed by atoms with Crippen molar-refractivity contribution in [2.24, 2.45) is 0 Å². The van der Waals surface area contributed by atoms with Gasteiger partial charge in [0.15, 0.2) is 5.78 Å². The summed E-state index contributed by atoms with van der Waals surface area (Å²) < 4.78 is 0. The first-order valence-electron chi connectivity index (χ1n) is 5.10. The molecule has 3 nitrogen and oxygen atoms in total. The number of carbonyl (C=O) groups excluding carboxylic acids is 1. The summed E-state index contributed by atoms with van der Waals surface area (Å²) in [6.45, 7) is 1.64. The molecular weight excluding hydrogens is 224 g/mol. The van der Waals surface area contributed by atoms with Crippen LogP contribution < -0.4 is 0 Å². The highest BCUT2D eigenvalue weighted by Crippen LogP contribution is 2.12. The van der Waals surface area contributed by atoms with E-state index in [0.717, 1.165) is 11.1 Å². The molecule has 1 unspecified atom stereocenters. The van der Waals surface area contributed by atoms with E-state index in [1.54, 1.807) is 6.07 Å². The number of carbonyl (C=O) groups is 1. The zero-order chi connectivity index (χ0) is 12.0. The zero-order valence-electron chi connectivity index (χ0n) is 9.22. The Balaban J connectivity index is 2.44. The third-order valence-electron chi connectivity index (χ3n) is 2.20. The first-order valence-corrected chi connectivity index (χ1v) is 6.26. The number of thioether (sulfide) groups is 1. The van der Waals surface area contributed by atoms with Crippen molar-refractivity contribution in [3.63, 3.8) is 0 Å². The van der Waals surface area contributed by atoms with E-state index < -0.39 is 6.10 Å². The topological polar surface area (TPSA) is 57.5 Å². The minimum absolute atomic E-state index is 0.0632. The number of aliphatic hydroxyl groups is 2. The molecule has 0 aromatic heterocycles. The Labute approximate surface area is 99.5 Å². The molecule has 0 spiro atoms. The van der Waals surface area contributed by atoms with E-state index in [-0.39, 0.29) is 12.4 Å². The van der Waals surface area contributed by atoms with Gasteiger partial charge in [-0.15, -0.1) is 0 Å². The van der Waals surface area contributed by atoms with Crippen LogP contribution in [0.15, 0.2) is 24.3 Å². The van der Waals surface area contributed by atoms with Crippen molar-refractivity contribution >= 4 is 17.5 Å². The van der Waals surface area contributed by atoms with Gasteiger partial charge in [0.1, 0.15) is 0 Å². The van der Waals surface area contributed by atoms with Crippen molar-refractivity contribution in [3.8, 4) is 0 Å². The highest BCUT2D eigenvalue weighted by molar-refractivity contribution is 8.00. The molecule has 0 aliphatic heterocycles. The molecular formula is C12H16O3S. The SMILES string of the molecule is Cc1ccccc1C(=O)CSCC(O)CO. The molecule has 0 heterocycles. The van der Waals surface area contributed by atoms with Gasteiger partial charge in [-0.3, -0.25) is 4.79 Å². The van der Waals surface area contributed by atoms with Crippen LogP contribution in [0.4, 0.5) is 0 Å². The second kappa shape index (κ2) is 6.68. The van der Waals surface area contributed by atoms with Crippen LogP contribution in [0.25, 0.3) is 0 Å². The van der Waals surface area contributed by atoms with E-state index in [2.05, 4.69) is 0 Å². The van der Waals surface area contributed by atoms with Gasteiger partial charge in [0, 0.05) is 11.3 Å². The lowest BCUT2D eigenvalue weighted by Gasteiger charge is -2.07. The van der Waals surface area contributed by atoms with E-state index in [9.17, 15) is 4.79 Å². The number of hydrogen-bond donors (Lipinski definition) is 2. The highest BCUT2D eigenvalue weighted by atomic mass is 32.2. The van der Waals surface area contributed by atoms with Crippen molar-refractivity contribution < 1.29 is 15.0 Å². The molecule has 0 radical (unpaired) electrons. The molecule has 0 saturated carbocycles. The Bertz CT molecular complexity index is 352. The molecule has 0 aliphatic rings. The number of aryl methyl sites for hydroxylation is 1. The van der Waals surface area contributed by atoms with Crippen LogP contribution in [0.2, 0.25) is 0 Å². The minimum Gasteiger partial charge on any atom is -0.394 e. The van der Waals surface area contributed by atoms with Crippen LogP contribution in [0.1, 0.15) is 15.9 Å². The molecule has 88 valence electrons. The molecule has 1 aromatic carbocycles. The first kappa shape index (κ1) is 13.2. The van der Waals surface area contributed by atoms with Gasteiger partial charge < -0.3 is 10.2 Å². The molecule has 0 aliphatic carbocycles. The van der Waals surface area contributed by atoms with E-state index in [4.69, 9.17) is 10.2 Å². The lowest BCUT2D eigenvalue weighted by molar-refractivity contribution is 0.102. The van der Waals surface area contributed by atoms with Crippen LogP contribution >= 0.6 is 11.8 Å². The summed E-state index contributed by atoms with van der Waals surface area (Å²) in [5, 5.41) is 17.7. The number of rotatable bonds is 6. The largest absolute Gasteiger partial charge is 0.394 e. The van der Waals surface area contributed by atoms with Crippen molar-refractivity contribution in [3.05, 3.63) is 35.4 Å². The number of hydrogen-bond acceptors (Lipinski definition) is 4. The predicted octanol–water partition coefficient (Wildman–Crippen LogP) is 1.26. The highest BCUT2D eigenvalue weighted by Gasteiger charge is 2.09. The van der Waals surface area contributed by atoms with Gasteiger partial charge in [-0.1, -0.05) is 24.3 Å². The Hall–Kier alpha value is -0.840. The van der Waals surface area contributed by atoms with Gasteiger partial charge >= 0.3 is 0 Å². The van der Waals surface area contributed by atoms with Crippen LogP contribution in [-0.4, -0.2) is 40.2 Å².